The topological polar surface area (TPSA) is 29.1 Å². The Labute approximate surface area is 118 Å². The van der Waals surface area contributed by atoms with Crippen LogP contribution in [0.5, 0.6) is 0 Å². The first-order chi connectivity index (χ1) is 9.11. The van der Waals surface area contributed by atoms with Crippen molar-refractivity contribution in [1.82, 2.24) is 5.32 Å². The maximum absolute atomic E-state index is 11.6. The van der Waals surface area contributed by atoms with Crippen molar-refractivity contribution in [2.75, 3.05) is 7.05 Å². The summed E-state index contributed by atoms with van der Waals surface area (Å²) in [4.78, 5) is 13.9. The summed E-state index contributed by atoms with van der Waals surface area (Å²) >= 11 is 1.69. The molecule has 0 radical (unpaired) electrons. The number of benzene rings is 2. The van der Waals surface area contributed by atoms with Gasteiger partial charge in [-0.3, -0.25) is 4.79 Å². The van der Waals surface area contributed by atoms with Crippen LogP contribution in [0, 0.1) is 13.8 Å². The molecule has 0 aliphatic carbocycles. The number of nitrogens with one attached hydrogen (secondary N) is 1. The van der Waals surface area contributed by atoms with Gasteiger partial charge >= 0.3 is 0 Å². The number of carbonyl (C=O) groups excluding carboxylic acids is 1. The zero-order valence-electron chi connectivity index (χ0n) is 11.4. The molecule has 0 aromatic heterocycles. The molecule has 0 aliphatic rings. The Morgan fingerprint density at radius 1 is 1.11 bits per heavy atom. The van der Waals surface area contributed by atoms with Crippen molar-refractivity contribution >= 4 is 17.7 Å². The highest BCUT2D eigenvalue weighted by Crippen LogP contribution is 2.31. The summed E-state index contributed by atoms with van der Waals surface area (Å²) in [5.41, 5.74) is 3.27. The molecule has 0 bridgehead atoms. The van der Waals surface area contributed by atoms with E-state index in [1.807, 2.05) is 24.3 Å². The molecule has 3 heteroatoms. The molecule has 2 rings (SSSR count). The molecule has 98 valence electrons. The molecule has 2 nitrogen and oxygen atoms in total. The van der Waals surface area contributed by atoms with Crippen LogP contribution in [0.1, 0.15) is 21.5 Å². The van der Waals surface area contributed by atoms with E-state index in [0.717, 1.165) is 4.90 Å². The predicted octanol–water partition coefficient (Wildman–Crippen LogP) is 3.81. The van der Waals surface area contributed by atoms with Crippen LogP contribution in [0.15, 0.2) is 52.3 Å². The van der Waals surface area contributed by atoms with Gasteiger partial charge in [-0.2, -0.15) is 0 Å². The molecule has 0 atom stereocenters. The van der Waals surface area contributed by atoms with Crippen LogP contribution in [-0.2, 0) is 0 Å². The molecular weight excluding hydrogens is 254 g/mol. The molecule has 19 heavy (non-hydrogen) atoms. The van der Waals surface area contributed by atoms with E-state index in [1.54, 1.807) is 18.8 Å². The lowest BCUT2D eigenvalue weighted by Gasteiger charge is -2.09. The largest absolute Gasteiger partial charge is 0.355 e. The highest BCUT2D eigenvalue weighted by molar-refractivity contribution is 7.99. The fourth-order valence-corrected chi connectivity index (χ4v) is 2.85. The van der Waals surface area contributed by atoms with Crippen LogP contribution in [0.25, 0.3) is 0 Å². The number of carbonyl (C=O) groups is 1. The average Bonchev–Trinajstić information content (AvgIpc) is 2.43. The number of hydrogen-bond acceptors (Lipinski definition) is 2. The smallest absolute Gasteiger partial charge is 0.251 e. The normalized spacial score (nSPS) is 10.3. The lowest BCUT2D eigenvalue weighted by Crippen LogP contribution is -2.17. The molecule has 2 aromatic carbocycles. The van der Waals surface area contributed by atoms with Gasteiger partial charge in [0.25, 0.3) is 5.91 Å². The standard InChI is InChI=1S/C16H17NOS/c1-11-6-4-9-15(12(11)2)19-14-8-5-7-13(10-14)16(18)17-3/h4-10H,1-3H3,(H,17,18). The molecule has 0 spiro atoms. The summed E-state index contributed by atoms with van der Waals surface area (Å²) in [5, 5.41) is 2.64. The van der Waals surface area contributed by atoms with Crippen molar-refractivity contribution in [2.45, 2.75) is 23.6 Å². The second kappa shape index (κ2) is 5.93. The molecule has 2 aromatic rings. The summed E-state index contributed by atoms with van der Waals surface area (Å²) in [5.74, 6) is -0.0524. The quantitative estimate of drug-likeness (QED) is 0.919. The maximum atomic E-state index is 11.6. The van der Waals surface area contributed by atoms with Crippen molar-refractivity contribution in [3.63, 3.8) is 0 Å². The summed E-state index contributed by atoms with van der Waals surface area (Å²) in [6.45, 7) is 4.24. The van der Waals surface area contributed by atoms with Gasteiger partial charge in [0.15, 0.2) is 0 Å². The molecule has 0 unspecified atom stereocenters. The van der Waals surface area contributed by atoms with Crippen LogP contribution in [0.2, 0.25) is 0 Å². The minimum absolute atomic E-state index is 0.0524. The zero-order chi connectivity index (χ0) is 13.8. The van der Waals surface area contributed by atoms with Crippen molar-refractivity contribution < 1.29 is 4.79 Å². The van der Waals surface area contributed by atoms with Gasteiger partial charge < -0.3 is 5.32 Å². The molecule has 0 aliphatic heterocycles. The number of hydrogen-bond donors (Lipinski definition) is 1. The van der Waals surface area contributed by atoms with E-state index in [-0.39, 0.29) is 5.91 Å². The fourth-order valence-electron chi connectivity index (χ4n) is 1.81. The number of amides is 1. The molecule has 0 heterocycles. The zero-order valence-corrected chi connectivity index (χ0v) is 12.2. The third-order valence-corrected chi connectivity index (χ3v) is 4.26. The third-order valence-electron chi connectivity index (χ3n) is 3.11. The minimum Gasteiger partial charge on any atom is -0.355 e. The lowest BCUT2D eigenvalue weighted by atomic mass is 10.1. The molecule has 0 saturated heterocycles. The van der Waals surface area contributed by atoms with E-state index in [0.29, 0.717) is 5.56 Å². The van der Waals surface area contributed by atoms with Crippen molar-refractivity contribution in [3.8, 4) is 0 Å². The SMILES string of the molecule is CNC(=O)c1cccc(Sc2cccc(C)c2C)c1. The first-order valence-corrected chi connectivity index (χ1v) is 6.99. The van der Waals surface area contributed by atoms with Crippen molar-refractivity contribution in [2.24, 2.45) is 0 Å². The van der Waals surface area contributed by atoms with Gasteiger partial charge in [-0.25, -0.2) is 0 Å². The van der Waals surface area contributed by atoms with Gasteiger partial charge in [-0.1, -0.05) is 30.0 Å². The monoisotopic (exact) mass is 271 g/mol. The first-order valence-electron chi connectivity index (χ1n) is 6.18. The fraction of sp³-hybridized carbons (Fsp3) is 0.188. The molecule has 0 saturated carbocycles. The Bertz CT molecular complexity index is 607. The second-order valence-electron chi connectivity index (χ2n) is 4.41. The van der Waals surface area contributed by atoms with Gasteiger partial charge in [0.1, 0.15) is 0 Å². The molecule has 0 fully saturated rings. The van der Waals surface area contributed by atoms with E-state index < -0.39 is 0 Å². The number of rotatable bonds is 3. The van der Waals surface area contributed by atoms with E-state index in [2.05, 4.69) is 37.4 Å². The molecular formula is C16H17NOS. The summed E-state index contributed by atoms with van der Waals surface area (Å²) in [6, 6.07) is 14.0. The Hall–Kier alpha value is -1.74. The average molecular weight is 271 g/mol. The van der Waals surface area contributed by atoms with Crippen LogP contribution in [0.4, 0.5) is 0 Å². The van der Waals surface area contributed by atoms with Crippen LogP contribution in [0.3, 0.4) is 0 Å². The van der Waals surface area contributed by atoms with E-state index in [1.165, 1.54) is 16.0 Å². The van der Waals surface area contributed by atoms with Crippen molar-refractivity contribution in [3.05, 3.63) is 59.2 Å². The Balaban J connectivity index is 2.28. The highest BCUT2D eigenvalue weighted by atomic mass is 32.2. The number of aryl methyl sites for hydroxylation is 1. The Morgan fingerprint density at radius 3 is 2.58 bits per heavy atom. The van der Waals surface area contributed by atoms with E-state index in [9.17, 15) is 4.79 Å². The minimum atomic E-state index is -0.0524. The van der Waals surface area contributed by atoms with Crippen LogP contribution in [-0.4, -0.2) is 13.0 Å². The third kappa shape index (κ3) is 3.18. The molecule has 1 amide bonds. The predicted molar refractivity (Wildman–Crippen MR) is 79.9 cm³/mol. The van der Waals surface area contributed by atoms with Crippen LogP contribution < -0.4 is 5.32 Å². The van der Waals surface area contributed by atoms with Gasteiger partial charge in [-0.15, -0.1) is 0 Å². The van der Waals surface area contributed by atoms with Gasteiger partial charge in [0, 0.05) is 22.4 Å². The van der Waals surface area contributed by atoms with Crippen LogP contribution >= 0.6 is 11.8 Å². The van der Waals surface area contributed by atoms with Crippen molar-refractivity contribution in [1.29, 1.82) is 0 Å². The van der Waals surface area contributed by atoms with E-state index >= 15 is 0 Å². The van der Waals surface area contributed by atoms with Gasteiger partial charge in [0.2, 0.25) is 0 Å². The summed E-state index contributed by atoms with van der Waals surface area (Å²) in [6.07, 6.45) is 0. The van der Waals surface area contributed by atoms with Gasteiger partial charge in [0.05, 0.1) is 0 Å². The maximum Gasteiger partial charge on any atom is 0.251 e. The first kappa shape index (κ1) is 13.7. The highest BCUT2D eigenvalue weighted by Gasteiger charge is 2.06. The Morgan fingerprint density at radius 2 is 1.84 bits per heavy atom. The summed E-state index contributed by atoms with van der Waals surface area (Å²) in [7, 11) is 1.65. The molecule has 1 N–H and O–H groups in total. The Kier molecular flexibility index (Phi) is 4.27. The lowest BCUT2D eigenvalue weighted by molar-refractivity contribution is 0.0963. The summed E-state index contributed by atoms with van der Waals surface area (Å²) < 4.78 is 0. The van der Waals surface area contributed by atoms with E-state index in [4.69, 9.17) is 0 Å². The van der Waals surface area contributed by atoms with Gasteiger partial charge in [-0.05, 0) is 49.2 Å². The second-order valence-corrected chi connectivity index (χ2v) is 5.52.